The van der Waals surface area contributed by atoms with E-state index in [0.29, 0.717) is 12.1 Å². The third-order valence-electron chi connectivity index (χ3n) is 6.47. The minimum absolute atomic E-state index is 0.00123. The molecule has 5 nitrogen and oxygen atoms in total. The minimum Gasteiger partial charge on any atom is -0.341 e. The van der Waals surface area contributed by atoms with Crippen LogP contribution in [0.3, 0.4) is 0 Å². The lowest BCUT2D eigenvalue weighted by atomic mass is 10.0. The summed E-state index contributed by atoms with van der Waals surface area (Å²) >= 11 is 0. The number of hydrogen-bond acceptors (Lipinski definition) is 2. The summed E-state index contributed by atoms with van der Waals surface area (Å²) in [7, 11) is 1.81. The number of hydrogen-bond donors (Lipinski definition) is 0. The van der Waals surface area contributed by atoms with Crippen LogP contribution < -0.4 is 4.90 Å². The van der Waals surface area contributed by atoms with E-state index in [2.05, 4.69) is 6.07 Å². The fraction of sp³-hybridized carbons (Fsp3) is 0.308. The Hall–Kier alpha value is -3.34. The zero-order valence-electron chi connectivity index (χ0n) is 17.9. The van der Waals surface area contributed by atoms with Crippen LogP contribution in [0.2, 0.25) is 0 Å². The number of para-hydroxylation sites is 2. The Morgan fingerprint density at radius 3 is 2.48 bits per heavy atom. The summed E-state index contributed by atoms with van der Waals surface area (Å²) in [6.07, 6.45) is 8.58. The molecule has 1 fully saturated rings. The SMILES string of the molecule is CN1C(=O)/C(=C\c2cn(CC(=O)N3CCCCCC3)c3ccccc23)c2ccccc21. The fourth-order valence-electron chi connectivity index (χ4n) is 4.78. The van der Waals surface area contributed by atoms with E-state index in [1.165, 1.54) is 12.8 Å². The van der Waals surface area contributed by atoms with Crippen molar-refractivity contribution in [2.24, 2.45) is 0 Å². The van der Waals surface area contributed by atoms with Crippen molar-refractivity contribution in [3.8, 4) is 0 Å². The molecule has 3 aromatic rings. The number of fused-ring (bicyclic) bond motifs is 2. The number of carbonyl (C=O) groups is 2. The maximum Gasteiger partial charge on any atom is 0.258 e. The van der Waals surface area contributed by atoms with E-state index in [1.807, 2.05) is 71.3 Å². The maximum absolute atomic E-state index is 13.0. The molecule has 5 rings (SSSR count). The molecule has 0 saturated carbocycles. The zero-order chi connectivity index (χ0) is 21.4. The Kier molecular flexibility index (Phi) is 5.10. The summed E-state index contributed by atoms with van der Waals surface area (Å²) in [6, 6.07) is 16.0. The molecule has 2 aliphatic rings. The monoisotopic (exact) mass is 413 g/mol. The van der Waals surface area contributed by atoms with Gasteiger partial charge in [-0.1, -0.05) is 49.2 Å². The summed E-state index contributed by atoms with van der Waals surface area (Å²) in [5.41, 5.74) is 4.56. The van der Waals surface area contributed by atoms with E-state index < -0.39 is 0 Å². The zero-order valence-corrected chi connectivity index (χ0v) is 17.9. The second-order valence-electron chi connectivity index (χ2n) is 8.46. The second kappa shape index (κ2) is 8.06. The quantitative estimate of drug-likeness (QED) is 0.591. The van der Waals surface area contributed by atoms with Gasteiger partial charge in [0.05, 0.1) is 5.69 Å². The van der Waals surface area contributed by atoms with Crippen LogP contribution in [0, 0.1) is 0 Å². The highest BCUT2D eigenvalue weighted by molar-refractivity contribution is 6.36. The number of amides is 2. The third kappa shape index (κ3) is 3.54. The summed E-state index contributed by atoms with van der Waals surface area (Å²) in [5, 5.41) is 1.05. The van der Waals surface area contributed by atoms with Crippen molar-refractivity contribution in [1.29, 1.82) is 0 Å². The van der Waals surface area contributed by atoms with Crippen molar-refractivity contribution >= 4 is 40.1 Å². The van der Waals surface area contributed by atoms with Gasteiger partial charge in [-0.15, -0.1) is 0 Å². The largest absolute Gasteiger partial charge is 0.341 e. The first-order chi connectivity index (χ1) is 15.1. The molecule has 2 amide bonds. The smallest absolute Gasteiger partial charge is 0.258 e. The number of carbonyl (C=O) groups excluding carboxylic acids is 2. The van der Waals surface area contributed by atoms with Gasteiger partial charge in [0.1, 0.15) is 6.54 Å². The number of benzene rings is 2. The molecule has 3 heterocycles. The average Bonchev–Trinajstić information content (AvgIpc) is 3.08. The molecule has 158 valence electrons. The van der Waals surface area contributed by atoms with Crippen LogP contribution in [0.25, 0.3) is 22.6 Å². The summed E-state index contributed by atoms with van der Waals surface area (Å²) < 4.78 is 2.03. The molecule has 1 saturated heterocycles. The molecule has 1 aromatic heterocycles. The molecule has 0 unspecified atom stereocenters. The predicted octanol–water partition coefficient (Wildman–Crippen LogP) is 4.56. The fourth-order valence-corrected chi connectivity index (χ4v) is 4.78. The third-order valence-corrected chi connectivity index (χ3v) is 6.47. The highest BCUT2D eigenvalue weighted by Gasteiger charge is 2.29. The molecule has 0 spiro atoms. The lowest BCUT2D eigenvalue weighted by Gasteiger charge is -2.20. The predicted molar refractivity (Wildman–Crippen MR) is 125 cm³/mol. The Morgan fingerprint density at radius 2 is 1.68 bits per heavy atom. The number of aromatic nitrogens is 1. The molecule has 0 N–H and O–H groups in total. The molecule has 0 radical (unpaired) electrons. The van der Waals surface area contributed by atoms with Gasteiger partial charge in [0, 0.05) is 53.9 Å². The molecule has 2 aliphatic heterocycles. The van der Waals surface area contributed by atoms with Crippen LogP contribution in [0.1, 0.15) is 36.8 Å². The van der Waals surface area contributed by atoms with E-state index in [1.54, 1.807) is 4.90 Å². The van der Waals surface area contributed by atoms with E-state index in [4.69, 9.17) is 0 Å². The van der Waals surface area contributed by atoms with E-state index in [0.717, 1.165) is 53.6 Å². The van der Waals surface area contributed by atoms with Crippen LogP contribution in [-0.4, -0.2) is 41.4 Å². The number of nitrogens with zero attached hydrogens (tertiary/aromatic N) is 3. The molecule has 0 aliphatic carbocycles. The maximum atomic E-state index is 13.0. The summed E-state index contributed by atoms with van der Waals surface area (Å²) in [4.78, 5) is 29.6. The first-order valence-corrected chi connectivity index (χ1v) is 11.1. The molecule has 31 heavy (non-hydrogen) atoms. The highest BCUT2D eigenvalue weighted by Crippen LogP contribution is 2.37. The van der Waals surface area contributed by atoms with E-state index in [-0.39, 0.29) is 11.8 Å². The van der Waals surface area contributed by atoms with Gasteiger partial charge in [-0.25, -0.2) is 0 Å². The Bertz CT molecular complexity index is 1180. The van der Waals surface area contributed by atoms with Gasteiger partial charge < -0.3 is 14.4 Å². The lowest BCUT2D eigenvalue weighted by molar-refractivity contribution is -0.131. The lowest BCUT2D eigenvalue weighted by Crippen LogP contribution is -2.34. The van der Waals surface area contributed by atoms with Crippen LogP contribution in [-0.2, 0) is 16.1 Å². The molecular weight excluding hydrogens is 386 g/mol. The van der Waals surface area contributed by atoms with Crippen molar-refractivity contribution in [3.05, 3.63) is 65.9 Å². The van der Waals surface area contributed by atoms with Crippen LogP contribution >= 0.6 is 0 Å². The van der Waals surface area contributed by atoms with E-state index >= 15 is 0 Å². The van der Waals surface area contributed by atoms with Gasteiger partial charge in [0.2, 0.25) is 5.91 Å². The summed E-state index contributed by atoms with van der Waals surface area (Å²) in [6.45, 7) is 2.03. The highest BCUT2D eigenvalue weighted by atomic mass is 16.2. The molecular formula is C26H27N3O2. The van der Waals surface area contributed by atoms with Gasteiger partial charge in [0.25, 0.3) is 5.91 Å². The van der Waals surface area contributed by atoms with Gasteiger partial charge in [-0.05, 0) is 31.1 Å². The second-order valence-corrected chi connectivity index (χ2v) is 8.46. The number of likely N-dealkylation sites (tertiary alicyclic amines) is 1. The minimum atomic E-state index is -0.00123. The first-order valence-electron chi connectivity index (χ1n) is 11.1. The van der Waals surface area contributed by atoms with Gasteiger partial charge in [-0.2, -0.15) is 0 Å². The van der Waals surface area contributed by atoms with Crippen molar-refractivity contribution in [3.63, 3.8) is 0 Å². The molecule has 0 atom stereocenters. The van der Waals surface area contributed by atoms with Crippen LogP contribution in [0.5, 0.6) is 0 Å². The van der Waals surface area contributed by atoms with Crippen molar-refractivity contribution in [1.82, 2.24) is 9.47 Å². The Morgan fingerprint density at radius 1 is 0.968 bits per heavy atom. The standard InChI is InChI=1S/C26H27N3O2/c1-27-23-12-6-5-11-21(23)22(26(27)31)16-19-17-29(24-13-7-4-10-20(19)24)18-25(30)28-14-8-2-3-9-15-28/h4-7,10-13,16-17H,2-3,8-9,14-15,18H2,1H3/b22-16-. The van der Waals surface area contributed by atoms with Crippen LogP contribution in [0.15, 0.2) is 54.7 Å². The number of rotatable bonds is 3. The van der Waals surface area contributed by atoms with Crippen LogP contribution in [0.4, 0.5) is 5.69 Å². The Labute approximate surface area is 182 Å². The van der Waals surface area contributed by atoms with E-state index in [9.17, 15) is 9.59 Å². The van der Waals surface area contributed by atoms with Crippen molar-refractivity contribution in [2.75, 3.05) is 25.0 Å². The first kappa shape index (κ1) is 19.6. The topological polar surface area (TPSA) is 45.6 Å². The van der Waals surface area contributed by atoms with Gasteiger partial charge in [0.15, 0.2) is 0 Å². The molecule has 2 aromatic carbocycles. The molecule has 0 bridgehead atoms. The Balaban J connectivity index is 1.52. The molecule has 5 heteroatoms. The van der Waals surface area contributed by atoms with Crippen molar-refractivity contribution in [2.45, 2.75) is 32.2 Å². The average molecular weight is 414 g/mol. The van der Waals surface area contributed by atoms with Crippen molar-refractivity contribution < 1.29 is 9.59 Å². The number of anilines is 1. The summed E-state index contributed by atoms with van der Waals surface area (Å²) in [5.74, 6) is 0.169. The number of likely N-dealkylation sites (N-methyl/N-ethyl adjacent to an activating group) is 1. The normalized spacial score (nSPS) is 18.0. The van der Waals surface area contributed by atoms with Gasteiger partial charge in [-0.3, -0.25) is 9.59 Å². The van der Waals surface area contributed by atoms with Gasteiger partial charge >= 0.3 is 0 Å².